The van der Waals surface area contributed by atoms with E-state index in [-0.39, 0.29) is 0 Å². The Balaban J connectivity index is 2.17. The van der Waals surface area contributed by atoms with Gasteiger partial charge in [0, 0.05) is 0 Å². The summed E-state index contributed by atoms with van der Waals surface area (Å²) in [5.41, 5.74) is 0.123. The molecule has 0 saturated carbocycles. The molecule has 92 valence electrons. The van der Waals surface area contributed by atoms with E-state index in [1.54, 1.807) is 0 Å². The lowest BCUT2D eigenvalue weighted by Gasteiger charge is -2.33. The molecule has 1 saturated heterocycles. The summed E-state index contributed by atoms with van der Waals surface area (Å²) in [5, 5.41) is 11.2. The van der Waals surface area contributed by atoms with Crippen LogP contribution in [-0.4, -0.2) is 17.3 Å². The van der Waals surface area contributed by atoms with E-state index < -0.39 is 11.2 Å². The second-order valence-electron chi connectivity index (χ2n) is 4.96. The van der Waals surface area contributed by atoms with Crippen molar-refractivity contribution in [3.05, 3.63) is 71.8 Å². The molecule has 0 aliphatic carbocycles. The second-order valence-corrected chi connectivity index (χ2v) is 4.96. The smallest absolute Gasteiger partial charge is 0.145 e. The zero-order valence-electron chi connectivity index (χ0n) is 10.3. The van der Waals surface area contributed by atoms with Gasteiger partial charge < -0.3 is 9.84 Å². The molecule has 1 atom stereocenters. The molecule has 2 aromatic rings. The molecular formula is C16H16O2. The number of aliphatic hydroxyl groups is 1. The van der Waals surface area contributed by atoms with Gasteiger partial charge in [0.15, 0.2) is 0 Å². The van der Waals surface area contributed by atoms with Gasteiger partial charge in [0.1, 0.15) is 11.2 Å². The molecule has 3 rings (SSSR count). The zero-order valence-corrected chi connectivity index (χ0v) is 10.3. The maximum atomic E-state index is 11.2. The Morgan fingerprint density at radius 2 is 1.33 bits per heavy atom. The third-order valence-corrected chi connectivity index (χ3v) is 3.73. The van der Waals surface area contributed by atoms with Gasteiger partial charge in [-0.15, -0.1) is 0 Å². The van der Waals surface area contributed by atoms with Crippen molar-refractivity contribution in [1.82, 2.24) is 0 Å². The first-order valence-corrected chi connectivity index (χ1v) is 6.14. The normalized spacial score (nSPS) is 22.8. The van der Waals surface area contributed by atoms with Crippen molar-refractivity contribution in [2.24, 2.45) is 0 Å². The summed E-state index contributed by atoms with van der Waals surface area (Å²) < 4.78 is 5.52. The molecule has 0 aromatic heterocycles. The van der Waals surface area contributed by atoms with Crippen LogP contribution in [-0.2, 0) is 10.3 Å². The molecular weight excluding hydrogens is 224 g/mol. The van der Waals surface area contributed by atoms with Gasteiger partial charge in [0.2, 0.25) is 0 Å². The molecule has 0 bridgehead atoms. The van der Waals surface area contributed by atoms with Crippen molar-refractivity contribution in [3.63, 3.8) is 0 Å². The van der Waals surface area contributed by atoms with Crippen molar-refractivity contribution in [1.29, 1.82) is 0 Å². The fourth-order valence-electron chi connectivity index (χ4n) is 2.45. The highest BCUT2D eigenvalue weighted by Gasteiger charge is 2.59. The van der Waals surface area contributed by atoms with Crippen LogP contribution in [0.5, 0.6) is 0 Å². The molecule has 2 nitrogen and oxygen atoms in total. The molecule has 2 aromatic carbocycles. The number of rotatable bonds is 3. The highest BCUT2D eigenvalue weighted by Crippen LogP contribution is 2.48. The molecule has 18 heavy (non-hydrogen) atoms. The first kappa shape index (κ1) is 11.5. The highest BCUT2D eigenvalue weighted by molar-refractivity contribution is 5.41. The summed E-state index contributed by atoms with van der Waals surface area (Å²) in [6.07, 6.45) is 0. The van der Waals surface area contributed by atoms with Crippen LogP contribution in [0.1, 0.15) is 18.1 Å². The van der Waals surface area contributed by atoms with Crippen LogP contribution >= 0.6 is 0 Å². The highest BCUT2D eigenvalue weighted by atomic mass is 16.6. The number of ether oxygens (including phenoxy) is 1. The Kier molecular flexibility index (Phi) is 2.51. The Labute approximate surface area is 107 Å². The number of hydrogen-bond donors (Lipinski definition) is 1. The maximum Gasteiger partial charge on any atom is 0.145 e. The maximum absolute atomic E-state index is 11.2. The van der Waals surface area contributed by atoms with E-state index in [0.717, 1.165) is 11.1 Å². The van der Waals surface area contributed by atoms with E-state index in [2.05, 4.69) is 0 Å². The van der Waals surface area contributed by atoms with E-state index in [0.29, 0.717) is 6.61 Å². The van der Waals surface area contributed by atoms with Crippen molar-refractivity contribution >= 4 is 0 Å². The standard InChI is InChI=1S/C16H16O2/c1-15(12-18-15)16(17,13-8-4-2-5-9-13)14-10-6-3-7-11-14/h2-11,17H,12H2,1H3/t15-/m0/s1. The minimum atomic E-state index is -1.09. The van der Waals surface area contributed by atoms with Gasteiger partial charge in [-0.2, -0.15) is 0 Å². The molecule has 2 heteroatoms. The van der Waals surface area contributed by atoms with Crippen LogP contribution in [0.2, 0.25) is 0 Å². The van der Waals surface area contributed by atoms with Gasteiger partial charge >= 0.3 is 0 Å². The third-order valence-electron chi connectivity index (χ3n) is 3.73. The molecule has 0 unspecified atom stereocenters. The predicted molar refractivity (Wildman–Crippen MR) is 70.2 cm³/mol. The van der Waals surface area contributed by atoms with Gasteiger partial charge in [0.25, 0.3) is 0 Å². The first-order chi connectivity index (χ1) is 8.67. The third kappa shape index (κ3) is 1.57. The van der Waals surface area contributed by atoms with Crippen molar-refractivity contribution < 1.29 is 9.84 Å². The number of benzene rings is 2. The lowest BCUT2D eigenvalue weighted by Crippen LogP contribution is -2.41. The van der Waals surface area contributed by atoms with Crippen molar-refractivity contribution in [2.45, 2.75) is 18.1 Å². The minimum absolute atomic E-state index is 0.532. The van der Waals surface area contributed by atoms with Crippen LogP contribution in [0.15, 0.2) is 60.7 Å². The fourth-order valence-corrected chi connectivity index (χ4v) is 2.45. The molecule has 0 amide bonds. The van der Waals surface area contributed by atoms with Gasteiger partial charge in [-0.1, -0.05) is 60.7 Å². The Bertz CT molecular complexity index is 490. The van der Waals surface area contributed by atoms with Crippen LogP contribution < -0.4 is 0 Å². The summed E-state index contributed by atoms with van der Waals surface area (Å²) in [6, 6.07) is 19.4. The molecule has 0 radical (unpaired) electrons. The lowest BCUT2D eigenvalue weighted by atomic mass is 9.77. The molecule has 1 aliphatic heterocycles. The monoisotopic (exact) mass is 240 g/mol. The largest absolute Gasteiger partial charge is 0.377 e. The predicted octanol–water partition coefficient (Wildman–Crippen LogP) is 2.71. The molecule has 1 aliphatic rings. The van der Waals surface area contributed by atoms with Gasteiger partial charge in [0.05, 0.1) is 6.61 Å². The second kappa shape index (κ2) is 3.94. The van der Waals surface area contributed by atoms with Crippen LogP contribution in [0.3, 0.4) is 0 Å². The van der Waals surface area contributed by atoms with E-state index in [1.165, 1.54) is 0 Å². The summed E-state index contributed by atoms with van der Waals surface area (Å²) >= 11 is 0. The van der Waals surface area contributed by atoms with Crippen LogP contribution in [0, 0.1) is 0 Å². The van der Waals surface area contributed by atoms with Gasteiger partial charge in [-0.25, -0.2) is 0 Å². The molecule has 1 heterocycles. The molecule has 1 N–H and O–H groups in total. The summed E-state index contributed by atoms with van der Waals surface area (Å²) in [4.78, 5) is 0. The van der Waals surface area contributed by atoms with E-state index >= 15 is 0 Å². The Hall–Kier alpha value is -1.64. The van der Waals surface area contributed by atoms with E-state index in [9.17, 15) is 5.11 Å². The minimum Gasteiger partial charge on any atom is -0.377 e. The summed E-state index contributed by atoms with van der Waals surface area (Å²) in [7, 11) is 0. The number of epoxide rings is 1. The van der Waals surface area contributed by atoms with E-state index in [4.69, 9.17) is 4.74 Å². The Morgan fingerprint density at radius 1 is 0.944 bits per heavy atom. The average Bonchev–Trinajstić information content (AvgIpc) is 3.19. The average molecular weight is 240 g/mol. The van der Waals surface area contributed by atoms with Crippen molar-refractivity contribution in [3.8, 4) is 0 Å². The van der Waals surface area contributed by atoms with Gasteiger partial charge in [-0.05, 0) is 18.1 Å². The quantitative estimate of drug-likeness (QED) is 0.837. The summed E-state index contributed by atoms with van der Waals surface area (Å²) in [5.74, 6) is 0. The first-order valence-electron chi connectivity index (χ1n) is 6.14. The summed E-state index contributed by atoms with van der Waals surface area (Å²) in [6.45, 7) is 2.53. The molecule has 1 fully saturated rings. The van der Waals surface area contributed by atoms with Crippen molar-refractivity contribution in [2.75, 3.05) is 6.61 Å². The van der Waals surface area contributed by atoms with Crippen LogP contribution in [0.4, 0.5) is 0 Å². The van der Waals surface area contributed by atoms with Gasteiger partial charge in [-0.3, -0.25) is 0 Å². The number of hydrogen-bond acceptors (Lipinski definition) is 2. The zero-order chi connectivity index (χ0) is 12.6. The van der Waals surface area contributed by atoms with E-state index in [1.807, 2.05) is 67.6 Å². The lowest BCUT2D eigenvalue weighted by molar-refractivity contribution is 0.00145. The molecule has 0 spiro atoms. The fraction of sp³-hybridized carbons (Fsp3) is 0.250. The van der Waals surface area contributed by atoms with Crippen LogP contribution in [0.25, 0.3) is 0 Å². The SMILES string of the molecule is C[C@@]1(C(O)(c2ccccc2)c2ccccc2)CO1. The topological polar surface area (TPSA) is 32.8 Å². The Morgan fingerprint density at radius 3 is 1.67 bits per heavy atom.